The molecule has 2 aromatic rings. The number of rotatable bonds is 6. The van der Waals surface area contributed by atoms with Crippen molar-refractivity contribution in [3.05, 3.63) is 52.0 Å². The Hall–Kier alpha value is -2.37. The molecule has 1 heterocycles. The van der Waals surface area contributed by atoms with Crippen molar-refractivity contribution in [3.63, 3.8) is 0 Å². The molecule has 0 atom stereocenters. The molecule has 3 rings (SSSR count). The van der Waals surface area contributed by atoms with Gasteiger partial charge in [-0.05, 0) is 36.4 Å². The number of amides is 1. The molecule has 31 heavy (non-hydrogen) atoms. The van der Waals surface area contributed by atoms with Gasteiger partial charge in [-0.1, -0.05) is 23.2 Å². The molecule has 1 amide bonds. The lowest BCUT2D eigenvalue weighted by molar-refractivity contribution is -0.119. The Balaban J connectivity index is 1.68. The van der Waals surface area contributed by atoms with Gasteiger partial charge in [0.25, 0.3) is 5.91 Å². The van der Waals surface area contributed by atoms with Gasteiger partial charge in [0, 0.05) is 23.8 Å². The fourth-order valence-electron chi connectivity index (χ4n) is 2.80. The summed E-state index contributed by atoms with van der Waals surface area (Å²) in [6.45, 7) is 0.434. The average Bonchev–Trinajstić information content (AvgIpc) is 2.75. The topological polar surface area (TPSA) is 128 Å². The first-order chi connectivity index (χ1) is 14.7. The number of benzene rings is 2. The molecule has 9 nitrogen and oxygen atoms in total. The van der Waals surface area contributed by atoms with Crippen molar-refractivity contribution in [1.82, 2.24) is 4.31 Å². The van der Waals surface area contributed by atoms with Gasteiger partial charge < -0.3 is 20.5 Å². The number of carbonyl (C=O) groups excluding carboxylic acids is 2. The van der Waals surface area contributed by atoms with E-state index in [1.165, 1.54) is 40.7 Å². The first-order valence-corrected chi connectivity index (χ1v) is 11.3. The number of carbonyl (C=O) groups is 2. The second-order valence-corrected chi connectivity index (χ2v) is 9.30. The maximum absolute atomic E-state index is 12.8. The molecule has 0 aliphatic carbocycles. The second kappa shape index (κ2) is 9.84. The molecule has 166 valence electrons. The van der Waals surface area contributed by atoms with E-state index in [2.05, 4.69) is 5.32 Å². The van der Waals surface area contributed by atoms with Crippen molar-refractivity contribution < 1.29 is 27.5 Å². The molecule has 1 saturated heterocycles. The molecule has 0 unspecified atom stereocenters. The minimum Gasteiger partial charge on any atom is -0.452 e. The van der Waals surface area contributed by atoms with Crippen LogP contribution in [0.2, 0.25) is 10.0 Å². The van der Waals surface area contributed by atoms with Crippen molar-refractivity contribution >= 4 is 56.5 Å². The average molecular weight is 488 g/mol. The minimum atomic E-state index is -3.78. The van der Waals surface area contributed by atoms with Gasteiger partial charge >= 0.3 is 5.97 Å². The third-order valence-electron chi connectivity index (χ3n) is 4.39. The molecule has 0 aromatic heterocycles. The van der Waals surface area contributed by atoms with E-state index in [9.17, 15) is 18.0 Å². The maximum atomic E-state index is 12.8. The number of halogens is 2. The standard InChI is InChI=1S/C19H19Cl2N3O6S/c20-12-1-4-16(22)14(9-12)19(26)30-11-18(25)23-17-10-13(2-3-15(17)21)31(27,28)24-5-7-29-8-6-24/h1-4,9-10H,5-8,11,22H2,(H,23,25). The van der Waals surface area contributed by atoms with E-state index >= 15 is 0 Å². The number of nitrogen functional groups attached to an aromatic ring is 1. The van der Waals surface area contributed by atoms with Crippen molar-refractivity contribution in [1.29, 1.82) is 0 Å². The van der Waals surface area contributed by atoms with Crippen LogP contribution >= 0.6 is 23.2 Å². The molecular formula is C19H19Cl2N3O6S. The number of anilines is 2. The fraction of sp³-hybridized carbons (Fsp3) is 0.263. The van der Waals surface area contributed by atoms with Gasteiger partial charge in [-0.3, -0.25) is 4.79 Å². The number of esters is 1. The zero-order chi connectivity index (χ0) is 22.6. The summed E-state index contributed by atoms with van der Waals surface area (Å²) in [6, 6.07) is 8.25. The number of morpholine rings is 1. The lowest BCUT2D eigenvalue weighted by Gasteiger charge is -2.26. The monoisotopic (exact) mass is 487 g/mol. The first kappa shape index (κ1) is 23.3. The Kier molecular flexibility index (Phi) is 7.39. The normalized spacial score (nSPS) is 14.8. The number of nitrogens with one attached hydrogen (secondary N) is 1. The largest absolute Gasteiger partial charge is 0.452 e. The molecule has 1 fully saturated rings. The van der Waals surface area contributed by atoms with E-state index in [4.69, 9.17) is 38.4 Å². The van der Waals surface area contributed by atoms with Crippen LogP contribution in [0.3, 0.4) is 0 Å². The SMILES string of the molecule is Nc1ccc(Cl)cc1C(=O)OCC(=O)Nc1cc(S(=O)(=O)N2CCOCC2)ccc1Cl. The summed E-state index contributed by atoms with van der Waals surface area (Å²) in [5, 5.41) is 2.86. The van der Waals surface area contributed by atoms with E-state index in [1.54, 1.807) is 0 Å². The van der Waals surface area contributed by atoms with Crippen LogP contribution in [-0.4, -0.2) is 57.5 Å². The molecule has 0 saturated carbocycles. The molecule has 12 heteroatoms. The molecule has 1 aliphatic rings. The van der Waals surface area contributed by atoms with Crippen molar-refractivity contribution in [3.8, 4) is 0 Å². The third-order valence-corrected chi connectivity index (χ3v) is 6.85. The van der Waals surface area contributed by atoms with Crippen LogP contribution in [0.5, 0.6) is 0 Å². The molecular weight excluding hydrogens is 469 g/mol. The Bertz CT molecular complexity index is 1100. The van der Waals surface area contributed by atoms with E-state index in [0.717, 1.165) is 0 Å². The zero-order valence-electron chi connectivity index (χ0n) is 16.1. The third kappa shape index (κ3) is 5.66. The molecule has 2 aromatic carbocycles. The molecule has 0 bridgehead atoms. The molecule has 0 spiro atoms. The van der Waals surface area contributed by atoms with Crippen molar-refractivity contribution in [2.45, 2.75) is 4.90 Å². The van der Waals surface area contributed by atoms with E-state index in [-0.39, 0.29) is 45.0 Å². The number of hydrogen-bond acceptors (Lipinski definition) is 7. The summed E-state index contributed by atoms with van der Waals surface area (Å²) >= 11 is 11.9. The van der Waals surface area contributed by atoms with Crippen molar-refractivity contribution in [2.24, 2.45) is 0 Å². The lowest BCUT2D eigenvalue weighted by Crippen LogP contribution is -2.40. The number of nitrogens with two attached hydrogens (primary N) is 1. The Labute approximate surface area is 189 Å². The lowest BCUT2D eigenvalue weighted by atomic mass is 10.2. The fourth-order valence-corrected chi connectivity index (χ4v) is 4.57. The summed E-state index contributed by atoms with van der Waals surface area (Å²) in [4.78, 5) is 24.3. The van der Waals surface area contributed by atoms with Crippen LogP contribution in [0.4, 0.5) is 11.4 Å². The van der Waals surface area contributed by atoms with Crippen LogP contribution < -0.4 is 11.1 Å². The Morgan fingerprint density at radius 3 is 2.55 bits per heavy atom. The minimum absolute atomic E-state index is 0.0249. The Morgan fingerprint density at radius 1 is 1.13 bits per heavy atom. The van der Waals surface area contributed by atoms with E-state index in [0.29, 0.717) is 13.2 Å². The highest BCUT2D eigenvalue weighted by Gasteiger charge is 2.27. The highest BCUT2D eigenvalue weighted by Crippen LogP contribution is 2.27. The van der Waals surface area contributed by atoms with Crippen LogP contribution in [0, 0.1) is 0 Å². The van der Waals surface area contributed by atoms with Gasteiger partial charge in [0.05, 0.1) is 34.4 Å². The van der Waals surface area contributed by atoms with Gasteiger partial charge in [-0.2, -0.15) is 4.31 Å². The maximum Gasteiger partial charge on any atom is 0.340 e. The Morgan fingerprint density at radius 2 is 1.84 bits per heavy atom. The van der Waals surface area contributed by atoms with Gasteiger partial charge in [0.2, 0.25) is 10.0 Å². The summed E-state index contributed by atoms with van der Waals surface area (Å²) in [5.74, 6) is -1.54. The summed E-state index contributed by atoms with van der Waals surface area (Å²) < 4.78 is 37.0. The number of hydrogen-bond donors (Lipinski definition) is 2. The highest BCUT2D eigenvalue weighted by molar-refractivity contribution is 7.89. The van der Waals surface area contributed by atoms with Gasteiger partial charge in [0.15, 0.2) is 6.61 Å². The number of sulfonamides is 1. The van der Waals surface area contributed by atoms with Crippen molar-refractivity contribution in [2.75, 3.05) is 44.0 Å². The van der Waals surface area contributed by atoms with E-state index < -0.39 is 28.5 Å². The van der Waals surface area contributed by atoms with Crippen LogP contribution in [0.15, 0.2) is 41.3 Å². The van der Waals surface area contributed by atoms with Gasteiger partial charge in [-0.15, -0.1) is 0 Å². The summed E-state index contributed by atoms with van der Waals surface area (Å²) in [5.41, 5.74) is 5.96. The first-order valence-electron chi connectivity index (χ1n) is 9.08. The summed E-state index contributed by atoms with van der Waals surface area (Å²) in [7, 11) is -3.78. The second-order valence-electron chi connectivity index (χ2n) is 6.51. The zero-order valence-corrected chi connectivity index (χ0v) is 18.5. The molecule has 3 N–H and O–H groups in total. The molecule has 1 aliphatic heterocycles. The molecule has 0 radical (unpaired) electrons. The quantitative estimate of drug-likeness (QED) is 0.472. The predicted octanol–water partition coefficient (Wildman–Crippen LogP) is 2.39. The highest BCUT2D eigenvalue weighted by atomic mass is 35.5. The summed E-state index contributed by atoms with van der Waals surface area (Å²) in [6.07, 6.45) is 0. The van der Waals surface area contributed by atoms with Crippen LogP contribution in [0.1, 0.15) is 10.4 Å². The number of nitrogens with zero attached hydrogens (tertiary/aromatic N) is 1. The number of ether oxygens (including phenoxy) is 2. The van der Waals surface area contributed by atoms with Gasteiger partial charge in [-0.25, -0.2) is 13.2 Å². The van der Waals surface area contributed by atoms with Gasteiger partial charge in [0.1, 0.15) is 0 Å². The van der Waals surface area contributed by atoms with E-state index in [1.807, 2.05) is 0 Å². The predicted molar refractivity (Wildman–Crippen MR) is 116 cm³/mol. The van der Waals surface area contributed by atoms with Crippen LogP contribution in [-0.2, 0) is 24.3 Å². The van der Waals surface area contributed by atoms with Crippen LogP contribution in [0.25, 0.3) is 0 Å². The smallest absolute Gasteiger partial charge is 0.340 e.